The Morgan fingerprint density at radius 2 is 1.95 bits per heavy atom. The molecule has 0 aliphatic heterocycles. The Balaban J connectivity index is 2.92. The van der Waals surface area contributed by atoms with E-state index in [0.29, 0.717) is 5.56 Å². The van der Waals surface area contributed by atoms with E-state index >= 15 is 0 Å². The van der Waals surface area contributed by atoms with Crippen LogP contribution in [0.25, 0.3) is 0 Å². The topological polar surface area (TPSA) is 32.3 Å². The molecular formula is C15H23FN2O. The summed E-state index contributed by atoms with van der Waals surface area (Å²) in [6.45, 7) is 4.09. The lowest BCUT2D eigenvalue weighted by Gasteiger charge is -2.26. The highest BCUT2D eigenvalue weighted by Gasteiger charge is 2.24. The minimum atomic E-state index is -0.462. The number of carbonyl (C=O) groups is 1. The Hall–Kier alpha value is -1.42. The molecule has 4 heteroatoms. The molecule has 0 heterocycles. The van der Waals surface area contributed by atoms with Crippen LogP contribution in [-0.4, -0.2) is 30.9 Å². The van der Waals surface area contributed by atoms with Crippen molar-refractivity contribution in [1.82, 2.24) is 10.2 Å². The molecule has 1 aromatic carbocycles. The molecule has 0 spiro atoms. The van der Waals surface area contributed by atoms with Gasteiger partial charge in [0.15, 0.2) is 0 Å². The summed E-state index contributed by atoms with van der Waals surface area (Å²) >= 11 is 0. The van der Waals surface area contributed by atoms with Crippen molar-refractivity contribution < 1.29 is 9.18 Å². The Morgan fingerprint density at radius 1 is 1.32 bits per heavy atom. The number of amides is 1. The van der Waals surface area contributed by atoms with Gasteiger partial charge in [-0.2, -0.15) is 0 Å². The molecule has 1 N–H and O–H groups in total. The van der Waals surface area contributed by atoms with Crippen molar-refractivity contribution in [2.45, 2.75) is 38.8 Å². The largest absolute Gasteiger partial charge is 0.352 e. The smallest absolute Gasteiger partial charge is 0.242 e. The molecule has 0 unspecified atom stereocenters. The van der Waals surface area contributed by atoms with Crippen molar-refractivity contribution in [3.05, 3.63) is 35.6 Å². The van der Waals surface area contributed by atoms with Crippen LogP contribution in [0.1, 0.15) is 38.3 Å². The fourth-order valence-electron chi connectivity index (χ4n) is 2.13. The summed E-state index contributed by atoms with van der Waals surface area (Å²) in [5, 5.41) is 3.01. The Bertz CT molecular complexity index is 416. The zero-order valence-corrected chi connectivity index (χ0v) is 12.1. The average molecular weight is 266 g/mol. The van der Waals surface area contributed by atoms with Gasteiger partial charge < -0.3 is 5.32 Å². The first-order valence-electron chi connectivity index (χ1n) is 6.71. The van der Waals surface area contributed by atoms with E-state index in [4.69, 9.17) is 0 Å². The third kappa shape index (κ3) is 4.31. The Labute approximate surface area is 114 Å². The minimum Gasteiger partial charge on any atom is -0.352 e. The zero-order valence-electron chi connectivity index (χ0n) is 12.1. The molecule has 0 saturated carbocycles. The van der Waals surface area contributed by atoms with E-state index in [1.54, 1.807) is 17.0 Å². The lowest BCUT2D eigenvalue weighted by molar-refractivity contribution is -0.126. The average Bonchev–Trinajstić information content (AvgIpc) is 2.35. The van der Waals surface area contributed by atoms with E-state index in [9.17, 15) is 9.18 Å². The van der Waals surface area contributed by atoms with Crippen LogP contribution < -0.4 is 5.32 Å². The van der Waals surface area contributed by atoms with Gasteiger partial charge in [-0.25, -0.2) is 4.39 Å². The fourth-order valence-corrected chi connectivity index (χ4v) is 2.13. The lowest BCUT2D eigenvalue weighted by atomic mass is 10.0. The van der Waals surface area contributed by atoms with Gasteiger partial charge in [0, 0.05) is 6.04 Å². The summed E-state index contributed by atoms with van der Waals surface area (Å²) in [6.07, 6.45) is 1.79. The van der Waals surface area contributed by atoms with Crippen LogP contribution in [0.3, 0.4) is 0 Å². The van der Waals surface area contributed by atoms with Crippen LogP contribution >= 0.6 is 0 Å². The van der Waals surface area contributed by atoms with Crippen molar-refractivity contribution in [2.75, 3.05) is 14.1 Å². The molecule has 1 aromatic rings. The minimum absolute atomic E-state index is 0.0794. The highest BCUT2D eigenvalue weighted by Crippen LogP contribution is 2.19. The summed E-state index contributed by atoms with van der Waals surface area (Å²) in [6, 6.07) is 5.91. The highest BCUT2D eigenvalue weighted by atomic mass is 19.1. The molecule has 0 radical (unpaired) electrons. The van der Waals surface area contributed by atoms with Crippen molar-refractivity contribution in [1.29, 1.82) is 0 Å². The first-order valence-corrected chi connectivity index (χ1v) is 6.71. The normalized spacial score (nSPS) is 12.8. The van der Waals surface area contributed by atoms with Crippen LogP contribution in [0.15, 0.2) is 24.3 Å². The SMILES string of the molecule is CCC(CC)NC(=O)[C@H](c1cccc(F)c1)N(C)C. The number of benzene rings is 1. The molecule has 1 rings (SSSR count). The summed E-state index contributed by atoms with van der Waals surface area (Å²) in [7, 11) is 3.64. The van der Waals surface area contributed by atoms with Crippen molar-refractivity contribution in [2.24, 2.45) is 0 Å². The summed E-state index contributed by atoms with van der Waals surface area (Å²) in [4.78, 5) is 14.1. The molecular weight excluding hydrogens is 243 g/mol. The van der Waals surface area contributed by atoms with E-state index in [-0.39, 0.29) is 17.8 Å². The second kappa shape index (κ2) is 7.24. The second-order valence-electron chi connectivity index (χ2n) is 4.94. The molecule has 3 nitrogen and oxygen atoms in total. The number of nitrogens with one attached hydrogen (secondary N) is 1. The molecule has 1 atom stereocenters. The van der Waals surface area contributed by atoms with Gasteiger partial charge >= 0.3 is 0 Å². The lowest BCUT2D eigenvalue weighted by Crippen LogP contribution is -2.42. The standard InChI is InChI=1S/C15H23FN2O/c1-5-13(6-2)17-15(19)14(18(3)4)11-8-7-9-12(16)10-11/h7-10,13-14H,5-6H2,1-4H3,(H,17,19)/t14-/m0/s1. The van der Waals surface area contributed by atoms with Gasteiger partial charge in [0.05, 0.1) is 0 Å². The molecule has 0 saturated heterocycles. The van der Waals surface area contributed by atoms with Crippen LogP contribution in [0.2, 0.25) is 0 Å². The third-order valence-electron chi connectivity index (χ3n) is 3.26. The monoisotopic (exact) mass is 266 g/mol. The second-order valence-corrected chi connectivity index (χ2v) is 4.94. The Morgan fingerprint density at radius 3 is 2.42 bits per heavy atom. The fraction of sp³-hybridized carbons (Fsp3) is 0.533. The van der Waals surface area contributed by atoms with Crippen LogP contribution in [0.4, 0.5) is 4.39 Å². The van der Waals surface area contributed by atoms with Gasteiger partial charge in [-0.1, -0.05) is 26.0 Å². The Kier molecular flexibility index (Phi) is 5.96. The van der Waals surface area contributed by atoms with Crippen molar-refractivity contribution in [3.8, 4) is 0 Å². The number of halogens is 1. The summed E-state index contributed by atoms with van der Waals surface area (Å²) in [5.41, 5.74) is 0.674. The number of hydrogen-bond acceptors (Lipinski definition) is 2. The zero-order chi connectivity index (χ0) is 14.4. The van der Waals surface area contributed by atoms with Gasteiger partial charge in [0.1, 0.15) is 11.9 Å². The maximum atomic E-state index is 13.3. The predicted octanol–water partition coefficient (Wildman–Crippen LogP) is 2.73. The van der Waals surface area contributed by atoms with Crippen LogP contribution in [0, 0.1) is 5.82 Å². The van der Waals surface area contributed by atoms with E-state index in [1.807, 2.05) is 27.9 Å². The van der Waals surface area contributed by atoms with E-state index in [0.717, 1.165) is 12.8 Å². The molecule has 0 aromatic heterocycles. The molecule has 0 aliphatic carbocycles. The van der Waals surface area contributed by atoms with Crippen LogP contribution in [-0.2, 0) is 4.79 Å². The molecule has 1 amide bonds. The number of nitrogens with zero attached hydrogens (tertiary/aromatic N) is 1. The molecule has 0 bridgehead atoms. The summed E-state index contributed by atoms with van der Waals surface area (Å²) in [5.74, 6) is -0.399. The van der Waals surface area contributed by atoms with Gasteiger partial charge in [-0.15, -0.1) is 0 Å². The van der Waals surface area contributed by atoms with Crippen molar-refractivity contribution >= 4 is 5.91 Å². The van der Waals surface area contributed by atoms with Gasteiger partial charge in [-0.05, 0) is 44.6 Å². The molecule has 0 aliphatic rings. The van der Waals surface area contributed by atoms with Gasteiger partial charge in [0.25, 0.3) is 0 Å². The number of carbonyl (C=O) groups excluding carboxylic acids is 1. The highest BCUT2D eigenvalue weighted by molar-refractivity contribution is 5.83. The molecule has 0 fully saturated rings. The number of hydrogen-bond donors (Lipinski definition) is 1. The van der Waals surface area contributed by atoms with E-state index < -0.39 is 6.04 Å². The first-order chi connectivity index (χ1) is 8.99. The quantitative estimate of drug-likeness (QED) is 0.858. The number of likely N-dealkylation sites (N-methyl/N-ethyl adjacent to an activating group) is 1. The maximum Gasteiger partial charge on any atom is 0.242 e. The third-order valence-corrected chi connectivity index (χ3v) is 3.26. The van der Waals surface area contributed by atoms with E-state index in [1.165, 1.54) is 12.1 Å². The summed E-state index contributed by atoms with van der Waals surface area (Å²) < 4.78 is 13.3. The first kappa shape index (κ1) is 15.6. The van der Waals surface area contributed by atoms with Crippen molar-refractivity contribution in [3.63, 3.8) is 0 Å². The number of rotatable bonds is 6. The van der Waals surface area contributed by atoms with Crippen LogP contribution in [0.5, 0.6) is 0 Å². The maximum absolute atomic E-state index is 13.3. The van der Waals surface area contributed by atoms with E-state index in [2.05, 4.69) is 5.32 Å². The molecule has 19 heavy (non-hydrogen) atoms. The molecule has 106 valence electrons. The predicted molar refractivity (Wildman–Crippen MR) is 75.3 cm³/mol. The van der Waals surface area contributed by atoms with Gasteiger partial charge in [0.2, 0.25) is 5.91 Å². The van der Waals surface area contributed by atoms with Gasteiger partial charge in [-0.3, -0.25) is 9.69 Å².